The first kappa shape index (κ1) is 18.7. The van der Waals surface area contributed by atoms with Crippen LogP contribution in [0.1, 0.15) is 21.5 Å². The van der Waals surface area contributed by atoms with Crippen LogP contribution in [0.5, 0.6) is 5.75 Å². The minimum Gasteiger partial charge on any atom is -0.496 e. The Morgan fingerprint density at radius 3 is 2.59 bits per heavy atom. The molecule has 4 nitrogen and oxygen atoms in total. The van der Waals surface area contributed by atoms with Crippen molar-refractivity contribution in [3.63, 3.8) is 0 Å². The molecular weight excluding hydrogens is 360 g/mol. The number of benzene rings is 3. The van der Waals surface area contributed by atoms with E-state index in [1.165, 1.54) is 0 Å². The second-order valence-electron chi connectivity index (χ2n) is 6.93. The predicted molar refractivity (Wildman–Crippen MR) is 116 cm³/mol. The molecular formula is C25H22N2O2. The van der Waals surface area contributed by atoms with Crippen molar-refractivity contribution in [3.05, 3.63) is 95.8 Å². The van der Waals surface area contributed by atoms with E-state index in [0.717, 1.165) is 38.8 Å². The molecule has 1 heterocycles. The van der Waals surface area contributed by atoms with Crippen LogP contribution in [-0.4, -0.2) is 18.0 Å². The van der Waals surface area contributed by atoms with Crippen LogP contribution in [-0.2, 0) is 6.54 Å². The zero-order valence-electron chi connectivity index (χ0n) is 16.5. The average molecular weight is 382 g/mol. The number of nitrogens with one attached hydrogen (secondary N) is 1. The number of hydrogen-bond acceptors (Lipinski definition) is 3. The molecule has 4 heteroatoms. The third-order valence-electron chi connectivity index (χ3n) is 5.09. The van der Waals surface area contributed by atoms with Gasteiger partial charge in [0.05, 0.1) is 7.11 Å². The molecule has 0 aliphatic rings. The first-order valence-corrected chi connectivity index (χ1v) is 9.51. The SMILES string of the molecule is COc1ccc(-c2ccc(CNC(=O)c3ccccc3)c3cnccc23)cc1C. The van der Waals surface area contributed by atoms with Crippen molar-refractivity contribution >= 4 is 16.7 Å². The van der Waals surface area contributed by atoms with Crippen LogP contribution >= 0.6 is 0 Å². The number of ether oxygens (including phenoxy) is 1. The van der Waals surface area contributed by atoms with Gasteiger partial charge in [0, 0.05) is 29.9 Å². The molecule has 3 aromatic carbocycles. The summed E-state index contributed by atoms with van der Waals surface area (Å²) in [5, 5.41) is 5.15. The minimum atomic E-state index is -0.0857. The number of aryl methyl sites for hydroxylation is 1. The quantitative estimate of drug-likeness (QED) is 0.519. The third-order valence-corrected chi connectivity index (χ3v) is 5.09. The number of pyridine rings is 1. The topological polar surface area (TPSA) is 51.2 Å². The van der Waals surface area contributed by atoms with Gasteiger partial charge in [-0.25, -0.2) is 0 Å². The Kier molecular flexibility index (Phi) is 5.25. The van der Waals surface area contributed by atoms with E-state index in [-0.39, 0.29) is 5.91 Å². The fourth-order valence-corrected chi connectivity index (χ4v) is 3.57. The lowest BCUT2D eigenvalue weighted by atomic mass is 9.95. The Hall–Kier alpha value is -3.66. The molecule has 4 rings (SSSR count). The summed E-state index contributed by atoms with van der Waals surface area (Å²) in [6, 6.07) is 21.6. The van der Waals surface area contributed by atoms with Crippen molar-refractivity contribution in [1.29, 1.82) is 0 Å². The number of rotatable bonds is 5. The Morgan fingerprint density at radius 2 is 1.83 bits per heavy atom. The van der Waals surface area contributed by atoms with Gasteiger partial charge in [-0.3, -0.25) is 9.78 Å². The maximum atomic E-state index is 12.4. The average Bonchev–Trinajstić information content (AvgIpc) is 2.77. The highest BCUT2D eigenvalue weighted by Gasteiger charge is 2.11. The smallest absolute Gasteiger partial charge is 0.251 e. The summed E-state index contributed by atoms with van der Waals surface area (Å²) in [5.74, 6) is 0.789. The lowest BCUT2D eigenvalue weighted by Gasteiger charge is -2.13. The van der Waals surface area contributed by atoms with Crippen LogP contribution in [0.15, 0.2) is 79.1 Å². The molecule has 0 spiro atoms. The van der Waals surface area contributed by atoms with E-state index in [1.54, 1.807) is 13.3 Å². The van der Waals surface area contributed by atoms with Gasteiger partial charge in [0.25, 0.3) is 5.91 Å². The molecule has 0 saturated heterocycles. The van der Waals surface area contributed by atoms with Crippen molar-refractivity contribution < 1.29 is 9.53 Å². The molecule has 0 radical (unpaired) electrons. The molecule has 29 heavy (non-hydrogen) atoms. The first-order valence-electron chi connectivity index (χ1n) is 9.51. The Balaban J connectivity index is 1.67. The lowest BCUT2D eigenvalue weighted by molar-refractivity contribution is 0.0951. The zero-order chi connectivity index (χ0) is 20.2. The van der Waals surface area contributed by atoms with Gasteiger partial charge < -0.3 is 10.1 Å². The Labute approximate surface area is 170 Å². The second-order valence-corrected chi connectivity index (χ2v) is 6.93. The van der Waals surface area contributed by atoms with E-state index in [9.17, 15) is 4.79 Å². The van der Waals surface area contributed by atoms with E-state index in [4.69, 9.17) is 4.74 Å². The molecule has 0 aliphatic heterocycles. The number of carbonyl (C=O) groups is 1. The summed E-state index contributed by atoms with van der Waals surface area (Å²) >= 11 is 0. The number of amides is 1. The molecule has 4 aromatic rings. The van der Waals surface area contributed by atoms with Gasteiger partial charge in [-0.2, -0.15) is 0 Å². The number of methoxy groups -OCH3 is 1. The molecule has 0 fully saturated rings. The van der Waals surface area contributed by atoms with Gasteiger partial charge in [-0.15, -0.1) is 0 Å². The van der Waals surface area contributed by atoms with Crippen molar-refractivity contribution in [2.75, 3.05) is 7.11 Å². The van der Waals surface area contributed by atoms with Crippen LogP contribution < -0.4 is 10.1 Å². The molecule has 144 valence electrons. The van der Waals surface area contributed by atoms with Crippen molar-refractivity contribution in [2.45, 2.75) is 13.5 Å². The van der Waals surface area contributed by atoms with Crippen molar-refractivity contribution in [3.8, 4) is 16.9 Å². The van der Waals surface area contributed by atoms with Crippen LogP contribution in [0, 0.1) is 6.92 Å². The van der Waals surface area contributed by atoms with Crippen molar-refractivity contribution in [2.24, 2.45) is 0 Å². The molecule has 0 atom stereocenters. The number of aromatic nitrogens is 1. The van der Waals surface area contributed by atoms with E-state index in [0.29, 0.717) is 12.1 Å². The van der Waals surface area contributed by atoms with Crippen LogP contribution in [0.3, 0.4) is 0 Å². The summed E-state index contributed by atoms with van der Waals surface area (Å²) in [6.45, 7) is 2.48. The molecule has 1 amide bonds. The fourth-order valence-electron chi connectivity index (χ4n) is 3.57. The highest BCUT2D eigenvalue weighted by molar-refractivity contribution is 5.99. The number of carbonyl (C=O) groups excluding carboxylic acids is 1. The minimum absolute atomic E-state index is 0.0857. The van der Waals surface area contributed by atoms with Gasteiger partial charge in [-0.05, 0) is 64.9 Å². The molecule has 0 unspecified atom stereocenters. The summed E-state index contributed by atoms with van der Waals surface area (Å²) in [7, 11) is 1.68. The normalized spacial score (nSPS) is 10.7. The summed E-state index contributed by atoms with van der Waals surface area (Å²) < 4.78 is 5.38. The van der Waals surface area contributed by atoms with E-state index in [1.807, 2.05) is 55.6 Å². The monoisotopic (exact) mass is 382 g/mol. The fraction of sp³-hybridized carbons (Fsp3) is 0.120. The molecule has 1 N–H and O–H groups in total. The first-order chi connectivity index (χ1) is 14.2. The largest absolute Gasteiger partial charge is 0.496 e. The maximum absolute atomic E-state index is 12.4. The Bertz CT molecular complexity index is 1170. The van der Waals surface area contributed by atoms with Crippen molar-refractivity contribution in [1.82, 2.24) is 10.3 Å². The molecule has 0 aliphatic carbocycles. The maximum Gasteiger partial charge on any atom is 0.251 e. The number of fused-ring (bicyclic) bond motifs is 1. The van der Waals surface area contributed by atoms with Gasteiger partial charge in [-0.1, -0.05) is 36.4 Å². The van der Waals surface area contributed by atoms with Gasteiger partial charge in [0.15, 0.2) is 0 Å². The lowest BCUT2D eigenvalue weighted by Crippen LogP contribution is -2.22. The van der Waals surface area contributed by atoms with Gasteiger partial charge in [0.1, 0.15) is 5.75 Å². The van der Waals surface area contributed by atoms with Crippen LogP contribution in [0.4, 0.5) is 0 Å². The zero-order valence-corrected chi connectivity index (χ0v) is 16.5. The van der Waals surface area contributed by atoms with E-state index >= 15 is 0 Å². The van der Waals surface area contributed by atoms with Gasteiger partial charge in [0.2, 0.25) is 0 Å². The van der Waals surface area contributed by atoms with Crippen LogP contribution in [0.2, 0.25) is 0 Å². The summed E-state index contributed by atoms with van der Waals surface area (Å²) in [4.78, 5) is 16.7. The Morgan fingerprint density at radius 1 is 1.00 bits per heavy atom. The second kappa shape index (κ2) is 8.15. The highest BCUT2D eigenvalue weighted by atomic mass is 16.5. The van der Waals surface area contributed by atoms with Gasteiger partial charge >= 0.3 is 0 Å². The van der Waals surface area contributed by atoms with Crippen LogP contribution in [0.25, 0.3) is 21.9 Å². The molecule has 1 aromatic heterocycles. The summed E-state index contributed by atoms with van der Waals surface area (Å²) in [5.41, 5.74) is 5.03. The van der Waals surface area contributed by atoms with E-state index < -0.39 is 0 Å². The molecule has 0 bridgehead atoms. The number of nitrogens with zero attached hydrogens (tertiary/aromatic N) is 1. The number of hydrogen-bond donors (Lipinski definition) is 1. The predicted octanol–water partition coefficient (Wildman–Crippen LogP) is 5.15. The van der Waals surface area contributed by atoms with E-state index in [2.05, 4.69) is 34.6 Å². The third kappa shape index (κ3) is 3.83. The molecule has 0 saturated carbocycles. The highest BCUT2D eigenvalue weighted by Crippen LogP contribution is 2.32. The summed E-state index contributed by atoms with van der Waals surface area (Å²) in [6.07, 6.45) is 3.66. The standard InChI is InChI=1S/C25H22N2O2/c1-17-14-19(9-11-24(17)29-2)21-10-8-20(23-16-26-13-12-22(21)23)15-27-25(28)18-6-4-3-5-7-18/h3-14,16H,15H2,1-2H3,(H,27,28).